The quantitative estimate of drug-likeness (QED) is 0.353. The maximum atomic E-state index is 12.0. The zero-order chi connectivity index (χ0) is 19.4. The highest BCUT2D eigenvalue weighted by Gasteiger charge is 2.26. The molecule has 0 bridgehead atoms. The molecule has 28 heavy (non-hydrogen) atoms. The fourth-order valence-corrected chi connectivity index (χ4v) is 4.01. The van der Waals surface area contributed by atoms with Crippen LogP contribution in [-0.2, 0) is 16.8 Å². The molecule has 2 heterocycles. The van der Waals surface area contributed by atoms with Gasteiger partial charge >= 0.3 is 0 Å². The van der Waals surface area contributed by atoms with Crippen LogP contribution in [0.4, 0.5) is 0 Å². The molecule has 3 rings (SSSR count). The summed E-state index contributed by atoms with van der Waals surface area (Å²) in [6.07, 6.45) is 2.27. The number of hydrogen-bond acceptors (Lipinski definition) is 5. The van der Waals surface area contributed by atoms with Crippen molar-refractivity contribution < 1.29 is 4.79 Å². The number of piperazine rings is 1. The molecule has 2 N–H and O–H groups in total. The van der Waals surface area contributed by atoms with Crippen LogP contribution in [0.25, 0.3) is 0 Å². The first-order chi connectivity index (χ1) is 12.8. The monoisotopic (exact) mass is 520 g/mol. The zero-order valence-electron chi connectivity index (χ0n) is 17.3. The van der Waals surface area contributed by atoms with Crippen LogP contribution in [0.2, 0.25) is 0 Å². The number of hydrogen-bond donors (Lipinski definition) is 2. The second-order valence-corrected chi connectivity index (χ2v) is 9.32. The van der Waals surface area contributed by atoms with Crippen molar-refractivity contribution in [1.29, 1.82) is 0 Å². The summed E-state index contributed by atoms with van der Waals surface area (Å²) in [6.45, 7) is 11.3. The number of aliphatic imine (C=N–C) groups is 1. The van der Waals surface area contributed by atoms with E-state index in [-0.39, 0.29) is 35.3 Å². The Morgan fingerprint density at radius 1 is 1.29 bits per heavy atom. The second kappa shape index (κ2) is 10.2. The van der Waals surface area contributed by atoms with E-state index < -0.39 is 0 Å². The van der Waals surface area contributed by atoms with Gasteiger partial charge in [-0.25, -0.2) is 4.98 Å². The van der Waals surface area contributed by atoms with Gasteiger partial charge in [0.05, 0.1) is 18.8 Å². The molecule has 1 aliphatic heterocycles. The molecule has 7 nitrogen and oxygen atoms in total. The number of nitrogens with one attached hydrogen (secondary N) is 2. The molecule has 1 saturated carbocycles. The van der Waals surface area contributed by atoms with Crippen molar-refractivity contribution in [2.45, 2.75) is 51.6 Å². The van der Waals surface area contributed by atoms with E-state index in [9.17, 15) is 4.79 Å². The molecule has 1 amide bonds. The molecule has 0 unspecified atom stereocenters. The second-order valence-electron chi connectivity index (χ2n) is 8.38. The first-order valence-electron chi connectivity index (χ1n) is 9.77. The Morgan fingerprint density at radius 2 is 1.96 bits per heavy atom. The van der Waals surface area contributed by atoms with Gasteiger partial charge in [0.1, 0.15) is 5.01 Å². The van der Waals surface area contributed by atoms with Crippen LogP contribution in [-0.4, -0.2) is 72.5 Å². The number of nitrogens with zero attached hydrogens (tertiary/aromatic N) is 4. The molecule has 158 valence electrons. The molecule has 1 aromatic rings. The average molecular weight is 520 g/mol. The Kier molecular flexibility index (Phi) is 8.50. The third-order valence-corrected chi connectivity index (χ3v) is 5.76. The van der Waals surface area contributed by atoms with Gasteiger partial charge in [-0.2, -0.15) is 0 Å². The van der Waals surface area contributed by atoms with Gasteiger partial charge in [0, 0.05) is 50.1 Å². The Balaban J connectivity index is 0.00000280. The Bertz CT molecular complexity index is 674. The summed E-state index contributed by atoms with van der Waals surface area (Å²) < 4.78 is 0. The van der Waals surface area contributed by atoms with Crippen LogP contribution < -0.4 is 10.6 Å². The SMILES string of the molecule is CN=C(NCc1nc(C(C)(C)C)cs1)N1CCN(CC(=O)NC2CC2)CC1.I. The number of carbonyl (C=O) groups excluding carboxylic acids is 1. The summed E-state index contributed by atoms with van der Waals surface area (Å²) in [6, 6.07) is 0.437. The molecule has 1 aromatic heterocycles. The molecular formula is C19H33IN6OS. The highest BCUT2D eigenvalue weighted by molar-refractivity contribution is 14.0. The lowest BCUT2D eigenvalue weighted by molar-refractivity contribution is -0.122. The minimum atomic E-state index is 0. The molecular weight excluding hydrogens is 487 g/mol. The van der Waals surface area contributed by atoms with Crippen LogP contribution in [0.15, 0.2) is 10.4 Å². The molecule has 9 heteroatoms. The number of halogens is 1. The fraction of sp³-hybridized carbons (Fsp3) is 0.737. The summed E-state index contributed by atoms with van der Waals surface area (Å²) in [5, 5.41) is 9.72. The number of guanidine groups is 1. The molecule has 2 fully saturated rings. The first kappa shape index (κ1) is 23.3. The lowest BCUT2D eigenvalue weighted by Gasteiger charge is -2.36. The van der Waals surface area contributed by atoms with Crippen LogP contribution in [0, 0.1) is 0 Å². The van der Waals surface area contributed by atoms with Gasteiger partial charge < -0.3 is 15.5 Å². The minimum absolute atomic E-state index is 0. The van der Waals surface area contributed by atoms with Crippen molar-refractivity contribution in [3.63, 3.8) is 0 Å². The van der Waals surface area contributed by atoms with E-state index in [4.69, 9.17) is 4.98 Å². The normalized spacial score (nSPS) is 18.6. The number of aromatic nitrogens is 1. The van der Waals surface area contributed by atoms with Crippen molar-refractivity contribution in [2.24, 2.45) is 4.99 Å². The summed E-state index contributed by atoms with van der Waals surface area (Å²) in [5.74, 6) is 1.07. The standard InChI is InChI=1S/C19H32N6OS.HI/c1-19(2,3)15-13-27-17(23-15)11-21-18(20-4)25-9-7-24(8-10-25)12-16(26)22-14-5-6-14;/h13-14H,5-12H2,1-4H3,(H,20,21)(H,22,26);1H. The number of thiazole rings is 1. The molecule has 1 aliphatic carbocycles. The third kappa shape index (κ3) is 6.84. The van der Waals surface area contributed by atoms with Gasteiger partial charge in [-0.3, -0.25) is 14.7 Å². The smallest absolute Gasteiger partial charge is 0.234 e. The topological polar surface area (TPSA) is 72.9 Å². The summed E-state index contributed by atoms with van der Waals surface area (Å²) in [7, 11) is 1.82. The first-order valence-corrected chi connectivity index (χ1v) is 10.7. The van der Waals surface area contributed by atoms with Crippen LogP contribution in [0.1, 0.15) is 44.3 Å². The predicted octanol–water partition coefficient (Wildman–Crippen LogP) is 2.03. The molecule has 0 aromatic carbocycles. The highest BCUT2D eigenvalue weighted by atomic mass is 127. The van der Waals surface area contributed by atoms with E-state index in [0.29, 0.717) is 19.1 Å². The van der Waals surface area contributed by atoms with E-state index in [1.165, 1.54) is 0 Å². The zero-order valence-corrected chi connectivity index (χ0v) is 20.5. The van der Waals surface area contributed by atoms with Gasteiger partial charge in [0.25, 0.3) is 0 Å². The number of amides is 1. The lowest BCUT2D eigenvalue weighted by atomic mass is 9.93. The van der Waals surface area contributed by atoms with Gasteiger partial charge in [-0.15, -0.1) is 35.3 Å². The van der Waals surface area contributed by atoms with Gasteiger partial charge in [0.2, 0.25) is 5.91 Å². The third-order valence-electron chi connectivity index (χ3n) is 4.91. The molecule has 0 spiro atoms. The molecule has 1 saturated heterocycles. The van der Waals surface area contributed by atoms with Gasteiger partial charge in [-0.1, -0.05) is 20.8 Å². The summed E-state index contributed by atoms with van der Waals surface area (Å²) in [4.78, 5) is 25.6. The Hall–Kier alpha value is -0.940. The maximum absolute atomic E-state index is 12.0. The van der Waals surface area contributed by atoms with Crippen molar-refractivity contribution in [1.82, 2.24) is 25.4 Å². The van der Waals surface area contributed by atoms with E-state index in [0.717, 1.165) is 55.7 Å². The van der Waals surface area contributed by atoms with E-state index >= 15 is 0 Å². The van der Waals surface area contributed by atoms with Crippen molar-refractivity contribution in [3.8, 4) is 0 Å². The largest absolute Gasteiger partial charge is 0.352 e. The minimum Gasteiger partial charge on any atom is -0.352 e. The van der Waals surface area contributed by atoms with Crippen molar-refractivity contribution in [2.75, 3.05) is 39.8 Å². The molecule has 0 radical (unpaired) electrons. The molecule has 0 atom stereocenters. The number of rotatable bonds is 5. The highest BCUT2D eigenvalue weighted by Crippen LogP contribution is 2.23. The van der Waals surface area contributed by atoms with Gasteiger partial charge in [0.15, 0.2) is 5.96 Å². The maximum Gasteiger partial charge on any atom is 0.234 e. The predicted molar refractivity (Wildman–Crippen MR) is 126 cm³/mol. The van der Waals surface area contributed by atoms with Crippen molar-refractivity contribution >= 4 is 47.2 Å². The van der Waals surface area contributed by atoms with Crippen LogP contribution in [0.5, 0.6) is 0 Å². The van der Waals surface area contributed by atoms with Crippen molar-refractivity contribution in [3.05, 3.63) is 16.1 Å². The lowest BCUT2D eigenvalue weighted by Crippen LogP contribution is -2.54. The summed E-state index contributed by atoms with van der Waals surface area (Å²) >= 11 is 1.69. The fourth-order valence-electron chi connectivity index (χ4n) is 3.05. The van der Waals surface area contributed by atoms with Gasteiger partial charge in [-0.05, 0) is 12.8 Å². The Labute approximate surface area is 189 Å². The van der Waals surface area contributed by atoms with Crippen LogP contribution >= 0.6 is 35.3 Å². The van der Waals surface area contributed by atoms with E-state index in [1.807, 2.05) is 7.05 Å². The van der Waals surface area contributed by atoms with E-state index in [2.05, 4.69) is 51.6 Å². The summed E-state index contributed by atoms with van der Waals surface area (Å²) in [5.41, 5.74) is 1.22. The average Bonchev–Trinajstić information content (AvgIpc) is 3.28. The Morgan fingerprint density at radius 3 is 2.50 bits per heavy atom. The number of carbonyl (C=O) groups is 1. The molecule has 2 aliphatic rings. The van der Waals surface area contributed by atoms with E-state index in [1.54, 1.807) is 11.3 Å². The van der Waals surface area contributed by atoms with Crippen LogP contribution in [0.3, 0.4) is 0 Å².